The Bertz CT molecular complexity index is 923. The van der Waals surface area contributed by atoms with Gasteiger partial charge in [0.25, 0.3) is 0 Å². The first kappa shape index (κ1) is 19.6. The fourth-order valence-electron chi connectivity index (χ4n) is 4.11. The lowest BCUT2D eigenvalue weighted by Gasteiger charge is -2.38. The summed E-state index contributed by atoms with van der Waals surface area (Å²) in [5.74, 6) is 1.54. The van der Waals surface area contributed by atoms with Crippen LogP contribution in [0.3, 0.4) is 0 Å². The second-order valence-corrected chi connectivity index (χ2v) is 7.85. The average Bonchev–Trinajstić information content (AvgIpc) is 2.75. The van der Waals surface area contributed by atoms with Crippen molar-refractivity contribution >= 4 is 11.9 Å². The largest absolute Gasteiger partial charge is 0.492 e. The summed E-state index contributed by atoms with van der Waals surface area (Å²) < 4.78 is 5.81. The van der Waals surface area contributed by atoms with Crippen molar-refractivity contribution in [1.29, 1.82) is 0 Å². The van der Waals surface area contributed by atoms with Crippen molar-refractivity contribution in [3.05, 3.63) is 59.1 Å². The molecule has 0 spiro atoms. The molecule has 1 fully saturated rings. The second-order valence-electron chi connectivity index (χ2n) is 7.85. The Morgan fingerprint density at radius 3 is 2.59 bits per heavy atom. The summed E-state index contributed by atoms with van der Waals surface area (Å²) >= 11 is 0. The number of hydrogen-bond acceptors (Lipinski definition) is 6. The summed E-state index contributed by atoms with van der Waals surface area (Å²) in [6, 6.07) is 16.6. The molecule has 2 heterocycles. The van der Waals surface area contributed by atoms with Gasteiger partial charge in [0.2, 0.25) is 0 Å². The molecule has 0 radical (unpaired) electrons. The van der Waals surface area contributed by atoms with Gasteiger partial charge in [0.05, 0.1) is 17.7 Å². The maximum absolute atomic E-state index is 5.81. The Hall–Kier alpha value is -2.73. The molecule has 29 heavy (non-hydrogen) atoms. The lowest BCUT2D eigenvalue weighted by molar-refractivity contribution is 0.185. The molecule has 1 saturated heterocycles. The van der Waals surface area contributed by atoms with Gasteiger partial charge in [-0.2, -0.15) is 5.10 Å². The predicted octanol–water partition coefficient (Wildman–Crippen LogP) is 1.64. The summed E-state index contributed by atoms with van der Waals surface area (Å²) in [5.41, 5.74) is 4.37. The number of fused-ring (bicyclic) bond motifs is 1. The molecule has 2 aromatic rings. The Morgan fingerprint density at radius 2 is 1.76 bits per heavy atom. The van der Waals surface area contributed by atoms with Crippen molar-refractivity contribution in [1.82, 2.24) is 15.4 Å². The van der Waals surface area contributed by atoms with Crippen molar-refractivity contribution in [3.63, 3.8) is 0 Å². The van der Waals surface area contributed by atoms with E-state index in [9.17, 15) is 0 Å². The minimum atomic E-state index is 0.543. The number of hydrazine groups is 1. The number of nitrogens with one attached hydrogen (secondary N) is 1. The summed E-state index contributed by atoms with van der Waals surface area (Å²) in [5, 5.41) is 8.72. The number of nitrogens with zero attached hydrogens (tertiary/aromatic N) is 4. The Kier molecular flexibility index (Phi) is 6.20. The molecule has 1 atom stereocenters. The van der Waals surface area contributed by atoms with Crippen LogP contribution < -0.4 is 25.7 Å². The van der Waals surface area contributed by atoms with Gasteiger partial charge in [0, 0.05) is 50.7 Å². The molecule has 0 bridgehead atoms. The Morgan fingerprint density at radius 1 is 1.00 bits per heavy atom. The maximum atomic E-state index is 5.81. The van der Waals surface area contributed by atoms with E-state index in [4.69, 9.17) is 4.74 Å². The third-order valence-electron chi connectivity index (χ3n) is 5.49. The number of anilines is 1. The van der Waals surface area contributed by atoms with Crippen LogP contribution in [-0.4, -0.2) is 55.8 Å². The lowest BCUT2D eigenvalue weighted by Crippen LogP contribution is -2.49. The van der Waals surface area contributed by atoms with Crippen molar-refractivity contribution in [2.24, 2.45) is 11.0 Å². The molecule has 6 heteroatoms. The van der Waals surface area contributed by atoms with Crippen LogP contribution in [0.1, 0.15) is 13.8 Å². The van der Waals surface area contributed by atoms with E-state index < -0.39 is 0 Å². The zero-order chi connectivity index (χ0) is 20.1. The fraction of sp³-hybridized carbons (Fsp3) is 0.435. The van der Waals surface area contributed by atoms with Crippen molar-refractivity contribution in [2.45, 2.75) is 13.8 Å². The van der Waals surface area contributed by atoms with Crippen LogP contribution in [0.2, 0.25) is 0 Å². The van der Waals surface area contributed by atoms with E-state index in [-0.39, 0.29) is 0 Å². The van der Waals surface area contributed by atoms with Gasteiger partial charge in [0.1, 0.15) is 5.75 Å². The normalized spacial score (nSPS) is 17.6. The standard InChI is InChI=1S/C23H31N5O/c1-3-29-23-11-7-6-10-22(23)27-14-12-26(13-15-27)16-19(2)17-28-18-20-8-4-5-9-21(20)24-25-28/h4-11,18-19,25H,3,12-17H2,1-2H3. The van der Waals surface area contributed by atoms with Crippen LogP contribution >= 0.6 is 0 Å². The molecule has 2 aromatic carbocycles. The van der Waals surface area contributed by atoms with Gasteiger partial charge in [-0.1, -0.05) is 37.3 Å². The molecule has 0 amide bonds. The number of para-hydroxylation sites is 3. The van der Waals surface area contributed by atoms with Crippen LogP contribution in [0.5, 0.6) is 5.75 Å². The van der Waals surface area contributed by atoms with Gasteiger partial charge in [-0.05, 0) is 31.0 Å². The summed E-state index contributed by atoms with van der Waals surface area (Å²) in [7, 11) is 0. The molecule has 2 aliphatic rings. The average molecular weight is 394 g/mol. The third-order valence-corrected chi connectivity index (χ3v) is 5.49. The van der Waals surface area contributed by atoms with Crippen molar-refractivity contribution < 1.29 is 4.74 Å². The molecule has 1 unspecified atom stereocenters. The number of benzene rings is 2. The van der Waals surface area contributed by atoms with Crippen molar-refractivity contribution in [2.75, 3.05) is 50.8 Å². The number of rotatable bonds is 7. The smallest absolute Gasteiger partial charge is 0.142 e. The minimum absolute atomic E-state index is 0.543. The highest BCUT2D eigenvalue weighted by atomic mass is 16.5. The second kappa shape index (κ2) is 9.18. The first-order chi connectivity index (χ1) is 14.2. The quantitative estimate of drug-likeness (QED) is 0.775. The van der Waals surface area contributed by atoms with E-state index in [1.54, 1.807) is 0 Å². The minimum Gasteiger partial charge on any atom is -0.492 e. The highest BCUT2D eigenvalue weighted by Crippen LogP contribution is 2.28. The Balaban J connectivity index is 1.28. The summed E-state index contributed by atoms with van der Waals surface area (Å²) in [4.78, 5) is 5.02. The van der Waals surface area contributed by atoms with Crippen LogP contribution in [0, 0.1) is 5.92 Å². The topological polar surface area (TPSA) is 43.3 Å². The zero-order valence-corrected chi connectivity index (χ0v) is 17.4. The molecule has 2 aliphatic heterocycles. The first-order valence-electron chi connectivity index (χ1n) is 10.6. The molecule has 6 nitrogen and oxygen atoms in total. The van der Waals surface area contributed by atoms with Gasteiger partial charge in [-0.25, -0.2) is 5.53 Å². The molecular formula is C23H31N5O. The SMILES string of the molecule is CCOc1ccccc1N1CCN(CC(C)CN2C=c3ccccc3=NN2)CC1. The van der Waals surface area contributed by atoms with Crippen LogP contribution in [0.4, 0.5) is 5.69 Å². The molecule has 1 N–H and O–H groups in total. The monoisotopic (exact) mass is 393 g/mol. The zero-order valence-electron chi connectivity index (χ0n) is 17.4. The van der Waals surface area contributed by atoms with E-state index in [1.165, 1.54) is 10.9 Å². The molecular weight excluding hydrogens is 362 g/mol. The Labute approximate surface area is 173 Å². The van der Waals surface area contributed by atoms with E-state index in [1.807, 2.05) is 25.1 Å². The van der Waals surface area contributed by atoms with E-state index in [0.717, 1.165) is 50.4 Å². The van der Waals surface area contributed by atoms with Gasteiger partial charge in [0.15, 0.2) is 0 Å². The fourth-order valence-corrected chi connectivity index (χ4v) is 4.11. The lowest BCUT2D eigenvalue weighted by atomic mass is 10.1. The molecule has 0 aromatic heterocycles. The van der Waals surface area contributed by atoms with Crippen molar-refractivity contribution in [3.8, 4) is 5.75 Å². The highest BCUT2D eigenvalue weighted by Gasteiger charge is 2.21. The summed E-state index contributed by atoms with van der Waals surface area (Å²) in [6.45, 7) is 11.3. The first-order valence-corrected chi connectivity index (χ1v) is 10.6. The molecule has 0 aliphatic carbocycles. The molecule has 0 saturated carbocycles. The molecule has 4 rings (SSSR count). The highest BCUT2D eigenvalue weighted by molar-refractivity contribution is 5.58. The van der Waals surface area contributed by atoms with Gasteiger partial charge in [-0.3, -0.25) is 9.91 Å². The van der Waals surface area contributed by atoms with E-state index in [0.29, 0.717) is 12.5 Å². The van der Waals surface area contributed by atoms with Crippen LogP contribution in [0.25, 0.3) is 6.20 Å². The molecule has 154 valence electrons. The number of ether oxygens (including phenoxy) is 1. The third kappa shape index (κ3) is 4.82. The van der Waals surface area contributed by atoms with Gasteiger partial charge < -0.3 is 9.64 Å². The summed E-state index contributed by atoms with van der Waals surface area (Å²) in [6.07, 6.45) is 2.15. The predicted molar refractivity (Wildman–Crippen MR) is 117 cm³/mol. The number of piperazine rings is 1. The van der Waals surface area contributed by atoms with Crippen LogP contribution in [0.15, 0.2) is 53.6 Å². The number of hydrogen-bond donors (Lipinski definition) is 1. The van der Waals surface area contributed by atoms with Gasteiger partial charge >= 0.3 is 0 Å². The maximum Gasteiger partial charge on any atom is 0.142 e. The van der Waals surface area contributed by atoms with Gasteiger partial charge in [-0.15, -0.1) is 0 Å². The van der Waals surface area contributed by atoms with E-state index >= 15 is 0 Å². The van der Waals surface area contributed by atoms with E-state index in [2.05, 4.69) is 68.9 Å². The van der Waals surface area contributed by atoms with Crippen LogP contribution in [-0.2, 0) is 0 Å².